The number of hydrogen-bond donors (Lipinski definition) is 0. The van der Waals surface area contributed by atoms with Gasteiger partial charge in [-0.2, -0.15) is 0 Å². The first-order chi connectivity index (χ1) is 11.2. The summed E-state index contributed by atoms with van der Waals surface area (Å²) in [7, 11) is 1.35. The molecule has 0 bridgehead atoms. The number of benzene rings is 1. The van der Waals surface area contributed by atoms with Crippen molar-refractivity contribution in [3.63, 3.8) is 0 Å². The van der Waals surface area contributed by atoms with Gasteiger partial charge in [-0.25, -0.2) is 9.78 Å². The van der Waals surface area contributed by atoms with Crippen molar-refractivity contribution in [1.29, 1.82) is 0 Å². The molecule has 2 rings (SSSR count). The number of imidazole rings is 1. The highest BCUT2D eigenvalue weighted by atomic mass is 16.6. The van der Waals surface area contributed by atoms with Gasteiger partial charge in [0.15, 0.2) is 0 Å². The highest BCUT2D eigenvalue weighted by Gasteiger charge is 2.16. The summed E-state index contributed by atoms with van der Waals surface area (Å²) in [6.45, 7) is 8.15. The van der Waals surface area contributed by atoms with Crippen molar-refractivity contribution in [3.05, 3.63) is 29.6 Å². The van der Waals surface area contributed by atoms with Crippen molar-refractivity contribution >= 4 is 23.0 Å². The molecule has 1 heterocycles. The molecular weight excluding hydrogens is 308 g/mol. The van der Waals surface area contributed by atoms with Crippen molar-refractivity contribution in [3.8, 4) is 0 Å². The van der Waals surface area contributed by atoms with Gasteiger partial charge in [0.05, 0.1) is 23.7 Å². The van der Waals surface area contributed by atoms with Crippen LogP contribution < -0.4 is 0 Å². The largest absolute Gasteiger partial charge is 0.465 e. The average molecular weight is 332 g/mol. The number of fused-ring (bicyclic) bond motifs is 1. The molecular formula is C18H24N2O4. The van der Waals surface area contributed by atoms with Crippen LogP contribution in [0, 0.1) is 6.92 Å². The van der Waals surface area contributed by atoms with Gasteiger partial charge in [0.1, 0.15) is 11.4 Å². The smallest absolute Gasteiger partial charge is 0.337 e. The normalized spacial score (nSPS) is 11.5. The monoisotopic (exact) mass is 332 g/mol. The molecule has 130 valence electrons. The first-order valence-electron chi connectivity index (χ1n) is 7.98. The summed E-state index contributed by atoms with van der Waals surface area (Å²) < 4.78 is 12.1. The van der Waals surface area contributed by atoms with Gasteiger partial charge < -0.3 is 14.0 Å². The Morgan fingerprint density at radius 1 is 1.25 bits per heavy atom. The van der Waals surface area contributed by atoms with Crippen molar-refractivity contribution in [2.24, 2.45) is 0 Å². The molecule has 0 saturated heterocycles. The van der Waals surface area contributed by atoms with Gasteiger partial charge in [-0.3, -0.25) is 4.79 Å². The van der Waals surface area contributed by atoms with Crippen LogP contribution in [-0.2, 0) is 20.8 Å². The summed E-state index contributed by atoms with van der Waals surface area (Å²) in [6.07, 6.45) is 1.02. The molecule has 6 heteroatoms. The van der Waals surface area contributed by atoms with E-state index in [0.29, 0.717) is 24.9 Å². The SMILES string of the molecule is COC(=O)c1ccc2c(c1)nc(C)n2CCCC(=O)OC(C)(C)C. The molecule has 0 spiro atoms. The highest BCUT2D eigenvalue weighted by Crippen LogP contribution is 2.19. The quantitative estimate of drug-likeness (QED) is 0.786. The van der Waals surface area contributed by atoms with Crippen LogP contribution >= 0.6 is 0 Å². The highest BCUT2D eigenvalue weighted by molar-refractivity contribution is 5.93. The lowest BCUT2D eigenvalue weighted by Gasteiger charge is -2.19. The van der Waals surface area contributed by atoms with Gasteiger partial charge in [0, 0.05) is 13.0 Å². The average Bonchev–Trinajstić information content (AvgIpc) is 2.79. The van der Waals surface area contributed by atoms with Crippen molar-refractivity contribution in [2.45, 2.75) is 52.7 Å². The summed E-state index contributed by atoms with van der Waals surface area (Å²) in [5, 5.41) is 0. The number of rotatable bonds is 5. The Bertz CT molecular complexity index is 756. The molecule has 24 heavy (non-hydrogen) atoms. The minimum Gasteiger partial charge on any atom is -0.465 e. The van der Waals surface area contributed by atoms with Crippen LogP contribution in [0.1, 0.15) is 49.8 Å². The maximum atomic E-state index is 11.8. The fourth-order valence-corrected chi connectivity index (χ4v) is 2.55. The van der Waals surface area contributed by atoms with E-state index in [2.05, 4.69) is 4.98 Å². The Morgan fingerprint density at radius 2 is 1.96 bits per heavy atom. The maximum Gasteiger partial charge on any atom is 0.337 e. The van der Waals surface area contributed by atoms with Crippen LogP contribution in [-0.4, -0.2) is 34.2 Å². The molecule has 0 atom stereocenters. The van der Waals surface area contributed by atoms with E-state index in [1.54, 1.807) is 12.1 Å². The molecule has 0 aliphatic rings. The number of hydrogen-bond acceptors (Lipinski definition) is 5. The van der Waals surface area contributed by atoms with Crippen molar-refractivity contribution in [1.82, 2.24) is 9.55 Å². The zero-order chi connectivity index (χ0) is 17.9. The Kier molecular flexibility index (Phi) is 5.26. The molecule has 0 aliphatic heterocycles. The van der Waals surface area contributed by atoms with E-state index in [-0.39, 0.29) is 11.9 Å². The van der Waals surface area contributed by atoms with Gasteiger partial charge in [-0.1, -0.05) is 0 Å². The van der Waals surface area contributed by atoms with Gasteiger partial charge >= 0.3 is 11.9 Å². The Balaban J connectivity index is 2.08. The van der Waals surface area contributed by atoms with Crippen molar-refractivity contribution < 1.29 is 19.1 Å². The first-order valence-corrected chi connectivity index (χ1v) is 7.98. The third-order valence-corrected chi connectivity index (χ3v) is 3.54. The molecule has 0 saturated carbocycles. The van der Waals surface area contributed by atoms with Gasteiger partial charge in [-0.05, 0) is 52.3 Å². The second-order valence-electron chi connectivity index (χ2n) is 6.70. The number of carbonyl (C=O) groups is 2. The van der Waals surface area contributed by atoms with E-state index in [1.807, 2.05) is 38.3 Å². The topological polar surface area (TPSA) is 70.4 Å². The number of aryl methyl sites for hydroxylation is 2. The summed E-state index contributed by atoms with van der Waals surface area (Å²) >= 11 is 0. The number of carbonyl (C=O) groups excluding carboxylic acids is 2. The van der Waals surface area contributed by atoms with E-state index in [4.69, 9.17) is 9.47 Å². The van der Waals surface area contributed by atoms with Gasteiger partial charge in [0.2, 0.25) is 0 Å². The predicted octanol–water partition coefficient (Wildman–Crippen LogP) is 3.25. The first kappa shape index (κ1) is 18.0. The molecule has 0 amide bonds. The molecule has 0 radical (unpaired) electrons. The third kappa shape index (κ3) is 4.34. The zero-order valence-electron chi connectivity index (χ0n) is 14.9. The molecule has 2 aromatic rings. The fourth-order valence-electron chi connectivity index (χ4n) is 2.55. The lowest BCUT2D eigenvalue weighted by atomic mass is 10.2. The van der Waals surface area contributed by atoms with E-state index < -0.39 is 5.60 Å². The van der Waals surface area contributed by atoms with E-state index in [1.165, 1.54) is 7.11 Å². The Labute approximate surface area is 141 Å². The van der Waals surface area contributed by atoms with Crippen LogP contribution in [0.5, 0.6) is 0 Å². The molecule has 0 N–H and O–H groups in total. The molecule has 1 aromatic heterocycles. The second kappa shape index (κ2) is 7.03. The number of nitrogens with zero attached hydrogens (tertiary/aromatic N) is 2. The van der Waals surface area contributed by atoms with Crippen LogP contribution in [0.25, 0.3) is 11.0 Å². The number of methoxy groups -OCH3 is 1. The summed E-state index contributed by atoms with van der Waals surface area (Å²) in [6, 6.07) is 5.30. The lowest BCUT2D eigenvalue weighted by molar-refractivity contribution is -0.154. The zero-order valence-corrected chi connectivity index (χ0v) is 14.9. The second-order valence-corrected chi connectivity index (χ2v) is 6.70. The van der Waals surface area contributed by atoms with Crippen molar-refractivity contribution in [2.75, 3.05) is 7.11 Å². The number of esters is 2. The molecule has 0 fully saturated rings. The van der Waals surface area contributed by atoms with Crippen LogP contribution in [0.3, 0.4) is 0 Å². The van der Waals surface area contributed by atoms with Crippen LogP contribution in [0.2, 0.25) is 0 Å². The van der Waals surface area contributed by atoms with Crippen LogP contribution in [0.4, 0.5) is 0 Å². The fraction of sp³-hybridized carbons (Fsp3) is 0.500. The standard InChI is InChI=1S/C18H24N2O4/c1-12-19-14-11-13(17(22)23-5)8-9-15(14)20(12)10-6-7-16(21)24-18(2,3)4/h8-9,11H,6-7,10H2,1-5H3. The van der Waals surface area contributed by atoms with Gasteiger partial charge in [0.25, 0.3) is 0 Å². The predicted molar refractivity (Wildman–Crippen MR) is 90.9 cm³/mol. The van der Waals surface area contributed by atoms with Crippen LogP contribution in [0.15, 0.2) is 18.2 Å². The molecule has 6 nitrogen and oxygen atoms in total. The number of aromatic nitrogens is 2. The third-order valence-electron chi connectivity index (χ3n) is 3.54. The summed E-state index contributed by atoms with van der Waals surface area (Å²) in [4.78, 5) is 27.9. The minimum absolute atomic E-state index is 0.197. The van der Waals surface area contributed by atoms with E-state index >= 15 is 0 Å². The number of ether oxygens (including phenoxy) is 2. The minimum atomic E-state index is -0.459. The molecule has 0 unspecified atom stereocenters. The molecule has 1 aromatic carbocycles. The molecule has 0 aliphatic carbocycles. The van der Waals surface area contributed by atoms with Gasteiger partial charge in [-0.15, -0.1) is 0 Å². The van der Waals surface area contributed by atoms with E-state index in [0.717, 1.165) is 16.9 Å². The lowest BCUT2D eigenvalue weighted by Crippen LogP contribution is -2.23. The Morgan fingerprint density at radius 3 is 2.58 bits per heavy atom. The maximum absolute atomic E-state index is 11.8. The van der Waals surface area contributed by atoms with E-state index in [9.17, 15) is 9.59 Å². The summed E-state index contributed by atoms with van der Waals surface area (Å²) in [5.74, 6) is 0.266. The Hall–Kier alpha value is -2.37. The summed E-state index contributed by atoms with van der Waals surface area (Å²) in [5.41, 5.74) is 1.69.